The molecule has 0 bridgehead atoms. The molecule has 0 aliphatic carbocycles. The van der Waals surface area contributed by atoms with E-state index in [0.717, 1.165) is 62.6 Å². The lowest BCUT2D eigenvalue weighted by molar-refractivity contribution is 0.0238. The fourth-order valence-electron chi connectivity index (χ4n) is 9.01. The maximum Gasteiger partial charge on any atom is 0.0594 e. The Labute approximate surface area is 663 Å². The average Bonchev–Trinajstić information content (AvgIpc) is 1.10. The molecule has 0 aromatic heterocycles. The molecule has 7 rings (SSSR count). The number of ether oxygens (including phenoxy) is 1. The Kier molecular flexibility index (Phi) is 265. The number of piperazine rings is 1. The molecule has 0 atom stereocenters. The second-order valence-electron chi connectivity index (χ2n) is 20.1. The summed E-state index contributed by atoms with van der Waals surface area (Å²) in [4.78, 5) is 20.3. The number of nitrogens with zero attached hydrogens (tertiary/aromatic N) is 8. The Hall–Kier alpha value is -0.0100. The van der Waals surface area contributed by atoms with Gasteiger partial charge in [-0.25, -0.2) is 0 Å². The third-order valence-electron chi connectivity index (χ3n) is 13.7. The Morgan fingerprint density at radius 1 is 0.238 bits per heavy atom. The van der Waals surface area contributed by atoms with Gasteiger partial charge in [-0.2, -0.15) is 0 Å². The summed E-state index contributed by atoms with van der Waals surface area (Å²) in [6.45, 7) is 128. The van der Waals surface area contributed by atoms with E-state index in [-0.39, 0.29) is 14.9 Å². The third-order valence-corrected chi connectivity index (χ3v) is 14.7. The van der Waals surface area contributed by atoms with Gasteiger partial charge in [-0.3, -0.25) is 14.7 Å². The molecule has 7 aliphatic heterocycles. The minimum Gasteiger partial charge on any atom is -0.379 e. The summed E-state index contributed by atoms with van der Waals surface area (Å²) in [5.74, 6) is 2.58. The van der Waals surface area contributed by atoms with Crippen LogP contribution in [0.25, 0.3) is 0 Å². The topological polar surface area (TPSA) is 35.2 Å². The summed E-state index contributed by atoms with van der Waals surface area (Å²) in [5, 5.41) is 0. The van der Waals surface area contributed by atoms with E-state index in [9.17, 15) is 0 Å². The molecule has 0 aromatic rings. The molecule has 0 aromatic carbocycles. The molecule has 10 heteroatoms. The predicted molar refractivity (Wildman–Crippen MR) is 503 cm³/mol. The van der Waals surface area contributed by atoms with Crippen molar-refractivity contribution >= 4 is 11.8 Å². The second-order valence-corrected chi connectivity index (χ2v) is 21.2. The van der Waals surface area contributed by atoms with Crippen LogP contribution in [-0.4, -0.2) is 212 Å². The Balaban J connectivity index is -0.0000000364. The van der Waals surface area contributed by atoms with Gasteiger partial charge in [0.2, 0.25) is 0 Å². The van der Waals surface area contributed by atoms with E-state index in [1.54, 1.807) is 0 Å². The van der Waals surface area contributed by atoms with Crippen molar-refractivity contribution in [3.8, 4) is 0 Å². The van der Waals surface area contributed by atoms with Crippen LogP contribution in [-0.2, 0) is 4.74 Å². The van der Waals surface area contributed by atoms with E-state index in [4.69, 9.17) is 4.74 Å². The molecule has 9 nitrogen and oxygen atoms in total. The predicted octanol–water partition coefficient (Wildman–Crippen LogP) is 30.3. The fourth-order valence-corrected chi connectivity index (χ4v) is 10.2. The van der Waals surface area contributed by atoms with Crippen molar-refractivity contribution < 1.29 is 4.74 Å². The Morgan fingerprint density at radius 2 is 0.446 bits per heavy atom. The molecule has 101 heavy (non-hydrogen) atoms. The first-order valence-corrected chi connectivity index (χ1v) is 46.4. The molecule has 0 unspecified atom stereocenters. The Morgan fingerprint density at radius 3 is 0.644 bits per heavy atom. The standard InChI is InChI=1S/C13H26N2.C8H18N2.C8H17N.C7H15NO.C7H15N.C6H13NS.20C2H6.2CH4/c1-12(2)14-10-6-13(7-11-14)15-8-4-3-5-9-15;1-8(2)10-6-4-9(3)5-7-10;1-8(2)9-6-4-3-5-7-9;1-7(2)8-3-5-9-6-4-8;1-7(2)8-5-3-4-6-8;1-6(2)7-3-4-8-5-7;20*1-2;;/h12-13H,3-11H2,1-2H3;8H,4-7H2,1-3H3;8H,3-7H2,1-2H3;7H,3-6H2,1-2H3;7H,3-6H2,1-2H3;6H,3-5H2,1-2H3;20*1-2H3;2*1H4. The number of likely N-dealkylation sites (tertiary alicyclic amines) is 4. The van der Waals surface area contributed by atoms with E-state index >= 15 is 0 Å². The first-order valence-electron chi connectivity index (χ1n) is 45.2. The van der Waals surface area contributed by atoms with Crippen molar-refractivity contribution in [2.24, 2.45) is 0 Å². The molecule has 0 saturated carbocycles. The lowest BCUT2D eigenvalue weighted by atomic mass is 9.99. The number of rotatable bonds is 7. The van der Waals surface area contributed by atoms with Crippen LogP contribution in [0, 0.1) is 0 Å². The monoisotopic (exact) mass is 1490 g/mol. The van der Waals surface area contributed by atoms with Crippen LogP contribution < -0.4 is 0 Å². The SMILES string of the molecule is C.C.CC.CC.CC.CC.CC.CC.CC.CC.CC.CC.CC.CC.CC.CC.CC.CC.CC.CC.CC.CC.CC(C)N1CCC(N2CCCCC2)CC1.CC(C)N1CCCC1.CC(C)N1CCCCC1.CC(C)N1CCN(C)CC1.CC(C)N1CCOCC1.CC(C)N1CCSC1. The van der Waals surface area contributed by atoms with Gasteiger partial charge in [0.1, 0.15) is 0 Å². The summed E-state index contributed by atoms with van der Waals surface area (Å²) in [5.41, 5.74) is 0. The van der Waals surface area contributed by atoms with Crippen LogP contribution >= 0.6 is 11.8 Å². The first-order chi connectivity index (χ1) is 48.2. The average molecular weight is 1490 g/mol. The summed E-state index contributed by atoms with van der Waals surface area (Å²) in [7, 11) is 2.19. The molecule has 0 N–H and O–H groups in total. The van der Waals surface area contributed by atoms with Crippen LogP contribution in [0.4, 0.5) is 0 Å². The highest BCUT2D eigenvalue weighted by Gasteiger charge is 2.26. The number of likely N-dealkylation sites (N-methyl/N-ethyl adjacent to an activating group) is 1. The lowest BCUT2D eigenvalue weighted by Gasteiger charge is -2.41. The van der Waals surface area contributed by atoms with E-state index in [1.807, 2.05) is 289 Å². The summed E-state index contributed by atoms with van der Waals surface area (Å²) in [6, 6.07) is 5.36. The largest absolute Gasteiger partial charge is 0.379 e. The number of morpholine rings is 1. The Bertz CT molecular complexity index is 906. The molecule has 0 spiro atoms. The van der Waals surface area contributed by atoms with Crippen LogP contribution in [0.2, 0.25) is 0 Å². The highest BCUT2D eigenvalue weighted by Crippen LogP contribution is 2.22. The first kappa shape index (κ1) is 158. The van der Waals surface area contributed by atoms with Gasteiger partial charge in [-0.15, -0.1) is 11.8 Å². The van der Waals surface area contributed by atoms with Gasteiger partial charge in [0.15, 0.2) is 0 Å². The zero-order valence-corrected chi connectivity index (χ0v) is 82.8. The summed E-state index contributed by atoms with van der Waals surface area (Å²) in [6.07, 6.45) is 14.2. The zero-order chi connectivity index (χ0) is 83.6. The molecule has 7 aliphatic rings. The van der Waals surface area contributed by atoms with Gasteiger partial charge in [-0.1, -0.05) is 305 Å². The number of piperidine rings is 3. The molecule has 0 amide bonds. The summed E-state index contributed by atoms with van der Waals surface area (Å²) >= 11 is 2.04. The van der Waals surface area contributed by atoms with Gasteiger partial charge in [0.05, 0.1) is 13.2 Å². The number of thioether (sulfide) groups is 1. The molecule has 7 heterocycles. The van der Waals surface area contributed by atoms with E-state index in [2.05, 4.69) is 129 Å². The van der Waals surface area contributed by atoms with Crippen molar-refractivity contribution in [1.82, 2.24) is 39.2 Å². The van der Waals surface area contributed by atoms with Crippen LogP contribution in [0.15, 0.2) is 0 Å². The molecule has 0 radical (unpaired) electrons. The molecule has 7 fully saturated rings. The van der Waals surface area contributed by atoms with E-state index in [1.165, 1.54) is 161 Å². The maximum atomic E-state index is 5.21. The quantitative estimate of drug-likeness (QED) is 0.246. The zero-order valence-electron chi connectivity index (χ0n) is 81.9. The van der Waals surface area contributed by atoms with Gasteiger partial charge < -0.3 is 29.2 Å². The van der Waals surface area contributed by atoms with E-state index < -0.39 is 0 Å². The lowest BCUT2D eigenvalue weighted by Crippen LogP contribution is -2.48. The summed E-state index contributed by atoms with van der Waals surface area (Å²) < 4.78 is 5.21. The molecular formula is C91H232N8OS. The van der Waals surface area contributed by atoms with Crippen LogP contribution in [0.3, 0.4) is 0 Å². The maximum absolute atomic E-state index is 5.21. The highest BCUT2D eigenvalue weighted by molar-refractivity contribution is 7.99. The van der Waals surface area contributed by atoms with Crippen molar-refractivity contribution in [1.29, 1.82) is 0 Å². The van der Waals surface area contributed by atoms with Gasteiger partial charge >= 0.3 is 0 Å². The van der Waals surface area contributed by atoms with Gasteiger partial charge in [0.25, 0.3) is 0 Å². The van der Waals surface area contributed by atoms with E-state index in [0.29, 0.717) is 6.04 Å². The smallest absolute Gasteiger partial charge is 0.0594 e. The fraction of sp³-hybridized carbons (Fsp3) is 1.00. The molecule has 7 saturated heterocycles. The molecule has 648 valence electrons. The minimum atomic E-state index is 0. The minimum absolute atomic E-state index is 0. The van der Waals surface area contributed by atoms with Crippen molar-refractivity contribution in [2.75, 3.05) is 130 Å². The third kappa shape index (κ3) is 130. The second kappa shape index (κ2) is 170. The van der Waals surface area contributed by atoms with Crippen molar-refractivity contribution in [3.05, 3.63) is 0 Å². The van der Waals surface area contributed by atoms with Crippen molar-refractivity contribution in [2.45, 2.75) is 481 Å². The molecular weight excluding hydrogens is 1250 g/mol. The number of hydrogen-bond donors (Lipinski definition) is 0. The van der Waals surface area contributed by atoms with Gasteiger partial charge in [0, 0.05) is 99.7 Å². The van der Waals surface area contributed by atoms with Gasteiger partial charge in [-0.05, 0) is 194 Å². The highest BCUT2D eigenvalue weighted by atomic mass is 32.2. The van der Waals surface area contributed by atoms with Crippen LogP contribution in [0.5, 0.6) is 0 Å². The van der Waals surface area contributed by atoms with Crippen LogP contribution in [0.1, 0.15) is 439 Å². The number of hydrogen-bond acceptors (Lipinski definition) is 10. The normalized spacial score (nSPS) is 15.4. The van der Waals surface area contributed by atoms with Crippen molar-refractivity contribution in [3.63, 3.8) is 0 Å².